The van der Waals surface area contributed by atoms with Crippen molar-refractivity contribution in [3.8, 4) is 0 Å². The number of benzene rings is 2. The van der Waals surface area contributed by atoms with E-state index in [0.717, 1.165) is 5.56 Å². The van der Waals surface area contributed by atoms with Gasteiger partial charge in [0.15, 0.2) is 6.61 Å². The van der Waals surface area contributed by atoms with Gasteiger partial charge in [0.2, 0.25) is 0 Å². The zero-order valence-corrected chi connectivity index (χ0v) is 13.7. The predicted octanol–water partition coefficient (Wildman–Crippen LogP) is 3.19. The fourth-order valence-electron chi connectivity index (χ4n) is 2.05. The summed E-state index contributed by atoms with van der Waals surface area (Å²) in [7, 11) is 0. The second kappa shape index (κ2) is 8.26. The molecule has 0 aromatic heterocycles. The molecule has 0 radical (unpaired) electrons. The molecule has 124 valence electrons. The van der Waals surface area contributed by atoms with Gasteiger partial charge < -0.3 is 10.1 Å². The number of aldehydes is 1. The van der Waals surface area contributed by atoms with Crippen LogP contribution in [-0.4, -0.2) is 24.8 Å². The van der Waals surface area contributed by atoms with E-state index in [0.29, 0.717) is 16.9 Å². The van der Waals surface area contributed by atoms with Gasteiger partial charge in [-0.1, -0.05) is 35.9 Å². The van der Waals surface area contributed by atoms with Gasteiger partial charge in [0.1, 0.15) is 6.29 Å². The minimum Gasteiger partial charge on any atom is -0.452 e. The molecule has 0 bridgehead atoms. The number of carbonyl (C=O) groups is 3. The average Bonchev–Trinajstić information content (AvgIpc) is 2.59. The summed E-state index contributed by atoms with van der Waals surface area (Å²) >= 11 is 5.91. The Morgan fingerprint density at radius 1 is 1.21 bits per heavy atom. The molecule has 2 aromatic rings. The molecule has 2 aromatic carbocycles. The Morgan fingerprint density at radius 3 is 2.54 bits per heavy atom. The molecule has 1 N–H and O–H groups in total. The molecule has 24 heavy (non-hydrogen) atoms. The van der Waals surface area contributed by atoms with Gasteiger partial charge in [-0.3, -0.25) is 9.59 Å². The minimum atomic E-state index is -0.627. The highest BCUT2D eigenvalue weighted by atomic mass is 35.5. The van der Waals surface area contributed by atoms with Crippen LogP contribution in [0.1, 0.15) is 39.2 Å². The summed E-state index contributed by atoms with van der Waals surface area (Å²) in [5.41, 5.74) is 1.59. The van der Waals surface area contributed by atoms with Crippen molar-refractivity contribution < 1.29 is 19.1 Å². The Hall–Kier alpha value is -2.66. The summed E-state index contributed by atoms with van der Waals surface area (Å²) < 4.78 is 4.96. The van der Waals surface area contributed by atoms with Crippen LogP contribution in [0.5, 0.6) is 0 Å². The quantitative estimate of drug-likeness (QED) is 0.644. The predicted molar refractivity (Wildman–Crippen MR) is 90.1 cm³/mol. The normalized spacial score (nSPS) is 11.4. The van der Waals surface area contributed by atoms with Gasteiger partial charge in [-0.15, -0.1) is 0 Å². The van der Waals surface area contributed by atoms with Crippen LogP contribution in [0.4, 0.5) is 0 Å². The zero-order valence-electron chi connectivity index (χ0n) is 13.0. The third-order valence-corrected chi connectivity index (χ3v) is 3.58. The first kappa shape index (κ1) is 17.7. The third-order valence-electron chi connectivity index (χ3n) is 3.34. The first-order chi connectivity index (χ1) is 11.5. The molecule has 0 aliphatic carbocycles. The lowest BCUT2D eigenvalue weighted by molar-refractivity contribution is -0.124. The maximum atomic E-state index is 11.9. The SMILES string of the molecule is C[C@@H](NC(=O)COC(=O)c1ccc(C=O)cc1)c1cccc(Cl)c1. The standard InChI is InChI=1S/C18H16ClNO4/c1-12(15-3-2-4-16(19)9-15)20-17(22)11-24-18(23)14-7-5-13(10-21)6-8-14/h2-10,12H,11H2,1H3,(H,20,22)/t12-/m1/s1. The van der Waals surface area contributed by atoms with E-state index in [1.807, 2.05) is 13.0 Å². The van der Waals surface area contributed by atoms with Crippen LogP contribution in [0.25, 0.3) is 0 Å². The molecular formula is C18H16ClNO4. The Balaban J connectivity index is 1.85. The number of hydrogen-bond donors (Lipinski definition) is 1. The fraction of sp³-hybridized carbons (Fsp3) is 0.167. The van der Waals surface area contributed by atoms with Crippen LogP contribution in [0.15, 0.2) is 48.5 Å². The average molecular weight is 346 g/mol. The molecule has 0 spiro atoms. The van der Waals surface area contributed by atoms with Gasteiger partial charge in [-0.25, -0.2) is 4.79 Å². The van der Waals surface area contributed by atoms with E-state index in [1.54, 1.807) is 18.2 Å². The largest absolute Gasteiger partial charge is 0.452 e. The first-order valence-corrected chi connectivity index (χ1v) is 7.64. The second-order valence-electron chi connectivity index (χ2n) is 5.16. The Labute approximate surface area is 144 Å². The van der Waals surface area contributed by atoms with Crippen molar-refractivity contribution in [2.45, 2.75) is 13.0 Å². The molecule has 1 amide bonds. The summed E-state index contributed by atoms with van der Waals surface area (Å²) in [5, 5.41) is 3.31. The van der Waals surface area contributed by atoms with Crippen molar-refractivity contribution in [2.75, 3.05) is 6.61 Å². The highest BCUT2D eigenvalue weighted by molar-refractivity contribution is 6.30. The lowest BCUT2D eigenvalue weighted by Crippen LogP contribution is -2.31. The molecule has 0 aliphatic heterocycles. The number of nitrogens with one attached hydrogen (secondary N) is 1. The molecule has 2 rings (SSSR count). The van der Waals surface area contributed by atoms with E-state index in [-0.39, 0.29) is 18.2 Å². The molecule has 6 heteroatoms. The number of hydrogen-bond acceptors (Lipinski definition) is 4. The Bertz CT molecular complexity index is 743. The number of halogens is 1. The van der Waals surface area contributed by atoms with Crippen LogP contribution in [0.3, 0.4) is 0 Å². The zero-order chi connectivity index (χ0) is 17.5. The van der Waals surface area contributed by atoms with Crippen molar-refractivity contribution in [3.63, 3.8) is 0 Å². The Kier molecular flexibility index (Phi) is 6.09. The summed E-state index contributed by atoms with van der Waals surface area (Å²) in [5.74, 6) is -1.04. The van der Waals surface area contributed by atoms with Crippen molar-refractivity contribution in [1.82, 2.24) is 5.32 Å². The smallest absolute Gasteiger partial charge is 0.338 e. The Morgan fingerprint density at radius 2 is 1.92 bits per heavy atom. The van der Waals surface area contributed by atoms with E-state index in [1.165, 1.54) is 24.3 Å². The van der Waals surface area contributed by atoms with E-state index in [4.69, 9.17) is 16.3 Å². The van der Waals surface area contributed by atoms with Gasteiger partial charge in [-0.2, -0.15) is 0 Å². The second-order valence-corrected chi connectivity index (χ2v) is 5.60. The summed E-state index contributed by atoms with van der Waals surface area (Å²) in [6, 6.07) is 12.8. The van der Waals surface area contributed by atoms with Crippen molar-refractivity contribution in [3.05, 3.63) is 70.2 Å². The van der Waals surface area contributed by atoms with Crippen molar-refractivity contribution in [1.29, 1.82) is 0 Å². The summed E-state index contributed by atoms with van der Waals surface area (Å²) in [6.07, 6.45) is 0.680. The molecule has 0 saturated heterocycles. The molecule has 5 nitrogen and oxygen atoms in total. The maximum Gasteiger partial charge on any atom is 0.338 e. The van der Waals surface area contributed by atoms with Gasteiger partial charge in [-0.05, 0) is 36.8 Å². The minimum absolute atomic E-state index is 0.262. The molecule has 0 fully saturated rings. The fourth-order valence-corrected chi connectivity index (χ4v) is 2.25. The van der Waals surface area contributed by atoms with Gasteiger partial charge in [0.05, 0.1) is 11.6 Å². The number of esters is 1. The summed E-state index contributed by atoms with van der Waals surface area (Å²) in [4.78, 5) is 34.3. The van der Waals surface area contributed by atoms with Crippen LogP contribution >= 0.6 is 11.6 Å². The summed E-state index contributed by atoms with van der Waals surface area (Å²) in [6.45, 7) is 1.42. The number of amides is 1. The van der Waals surface area contributed by atoms with Gasteiger partial charge >= 0.3 is 5.97 Å². The van der Waals surface area contributed by atoms with E-state index in [9.17, 15) is 14.4 Å². The monoisotopic (exact) mass is 345 g/mol. The van der Waals surface area contributed by atoms with Gasteiger partial charge in [0, 0.05) is 10.6 Å². The van der Waals surface area contributed by atoms with Crippen molar-refractivity contribution in [2.24, 2.45) is 0 Å². The molecule has 0 aliphatic rings. The van der Waals surface area contributed by atoms with Crippen LogP contribution in [-0.2, 0) is 9.53 Å². The van der Waals surface area contributed by atoms with Crippen molar-refractivity contribution >= 4 is 29.8 Å². The number of ether oxygens (including phenoxy) is 1. The van der Waals surface area contributed by atoms with Gasteiger partial charge in [0.25, 0.3) is 5.91 Å². The van der Waals surface area contributed by atoms with E-state index >= 15 is 0 Å². The molecule has 0 unspecified atom stereocenters. The first-order valence-electron chi connectivity index (χ1n) is 7.27. The van der Waals surface area contributed by atoms with E-state index < -0.39 is 11.9 Å². The molecular weight excluding hydrogens is 330 g/mol. The third kappa shape index (κ3) is 4.93. The van der Waals surface area contributed by atoms with Crippen LogP contribution in [0.2, 0.25) is 5.02 Å². The molecule has 0 heterocycles. The number of carbonyl (C=O) groups excluding carboxylic acids is 3. The molecule has 0 saturated carbocycles. The topological polar surface area (TPSA) is 72.5 Å². The van der Waals surface area contributed by atoms with E-state index in [2.05, 4.69) is 5.32 Å². The van der Waals surface area contributed by atoms with Crippen LogP contribution in [0, 0.1) is 0 Å². The number of rotatable bonds is 6. The molecule has 1 atom stereocenters. The maximum absolute atomic E-state index is 11.9. The lowest BCUT2D eigenvalue weighted by Gasteiger charge is -2.14. The highest BCUT2D eigenvalue weighted by Crippen LogP contribution is 2.17. The highest BCUT2D eigenvalue weighted by Gasteiger charge is 2.13. The van der Waals surface area contributed by atoms with Crippen LogP contribution < -0.4 is 5.32 Å². The lowest BCUT2D eigenvalue weighted by atomic mass is 10.1.